The monoisotopic (exact) mass is 319 g/mol. The first kappa shape index (κ1) is 15.1. The molecule has 112 valence electrons. The maximum absolute atomic E-state index is 12.7. The lowest BCUT2D eigenvalue weighted by Gasteiger charge is -2.11. The Labute approximate surface area is 122 Å². The zero-order valence-electron chi connectivity index (χ0n) is 10.6. The van der Waals surface area contributed by atoms with Gasteiger partial charge in [0.15, 0.2) is 0 Å². The molecule has 0 bridgehead atoms. The number of rotatable bonds is 3. The van der Waals surface area contributed by atoms with Gasteiger partial charge in [-0.3, -0.25) is 0 Å². The molecule has 3 N–H and O–H groups in total. The molecule has 0 aliphatic carbocycles. The third kappa shape index (κ3) is 3.85. The predicted octanol–water partition coefficient (Wildman–Crippen LogP) is 2.88. The summed E-state index contributed by atoms with van der Waals surface area (Å²) in [5, 5.41) is 2.48. The van der Waals surface area contributed by atoms with Gasteiger partial charge >= 0.3 is 12.2 Å². The lowest BCUT2D eigenvalue weighted by molar-refractivity contribution is -0.137. The molecule has 0 fully saturated rings. The van der Waals surface area contributed by atoms with Crippen molar-refractivity contribution in [2.45, 2.75) is 6.18 Å². The molecule has 0 aliphatic rings. The number of ether oxygens (including phenoxy) is 1. The van der Waals surface area contributed by atoms with Crippen LogP contribution in [-0.4, -0.2) is 22.1 Å². The highest BCUT2D eigenvalue weighted by Crippen LogP contribution is 2.33. The summed E-state index contributed by atoms with van der Waals surface area (Å²) in [5.74, 6) is -0.197. The Morgan fingerprint density at radius 1 is 1.19 bits per heavy atom. The SMILES string of the molecule is COc1nc(N)nc(Nc2cc(Cl)cc(C(F)(F)F)c2)n1. The van der Waals surface area contributed by atoms with Crippen LogP contribution in [0.3, 0.4) is 0 Å². The average Bonchev–Trinajstić information content (AvgIpc) is 2.36. The second-order valence-electron chi connectivity index (χ2n) is 3.86. The molecule has 21 heavy (non-hydrogen) atoms. The number of methoxy groups -OCH3 is 1. The Balaban J connectivity index is 2.35. The van der Waals surface area contributed by atoms with Crippen LogP contribution in [0.4, 0.5) is 30.8 Å². The fraction of sp³-hybridized carbons (Fsp3) is 0.182. The predicted molar refractivity (Wildman–Crippen MR) is 70.5 cm³/mol. The van der Waals surface area contributed by atoms with Gasteiger partial charge in [-0.05, 0) is 18.2 Å². The van der Waals surface area contributed by atoms with E-state index in [1.54, 1.807) is 0 Å². The Hall–Kier alpha value is -2.29. The number of benzene rings is 1. The quantitative estimate of drug-likeness (QED) is 0.904. The van der Waals surface area contributed by atoms with Crippen LogP contribution in [0.5, 0.6) is 6.01 Å². The van der Waals surface area contributed by atoms with Gasteiger partial charge in [0, 0.05) is 10.7 Å². The fourth-order valence-electron chi connectivity index (χ4n) is 1.47. The Morgan fingerprint density at radius 2 is 1.90 bits per heavy atom. The average molecular weight is 320 g/mol. The Kier molecular flexibility index (Phi) is 4.03. The fourth-order valence-corrected chi connectivity index (χ4v) is 1.71. The van der Waals surface area contributed by atoms with Gasteiger partial charge in [-0.25, -0.2) is 0 Å². The lowest BCUT2D eigenvalue weighted by atomic mass is 10.2. The van der Waals surface area contributed by atoms with Crippen molar-refractivity contribution >= 4 is 29.2 Å². The molecule has 0 saturated carbocycles. The van der Waals surface area contributed by atoms with Gasteiger partial charge in [-0.15, -0.1) is 0 Å². The third-order valence-electron chi connectivity index (χ3n) is 2.30. The van der Waals surface area contributed by atoms with Crippen molar-refractivity contribution in [3.05, 3.63) is 28.8 Å². The molecule has 0 aliphatic heterocycles. The number of nitrogens with one attached hydrogen (secondary N) is 1. The van der Waals surface area contributed by atoms with E-state index in [1.165, 1.54) is 13.2 Å². The van der Waals surface area contributed by atoms with Crippen molar-refractivity contribution in [2.24, 2.45) is 0 Å². The van der Waals surface area contributed by atoms with Crippen molar-refractivity contribution in [1.82, 2.24) is 15.0 Å². The van der Waals surface area contributed by atoms with E-state index in [0.717, 1.165) is 12.1 Å². The second kappa shape index (κ2) is 5.60. The summed E-state index contributed by atoms with van der Waals surface area (Å²) >= 11 is 5.67. The lowest BCUT2D eigenvalue weighted by Crippen LogP contribution is -2.07. The number of nitrogens with two attached hydrogens (primary N) is 1. The van der Waals surface area contributed by atoms with Crippen LogP contribution in [0.15, 0.2) is 18.2 Å². The van der Waals surface area contributed by atoms with E-state index in [4.69, 9.17) is 22.1 Å². The molecule has 0 unspecified atom stereocenters. The largest absolute Gasteiger partial charge is 0.467 e. The molecule has 0 spiro atoms. The summed E-state index contributed by atoms with van der Waals surface area (Å²) in [6, 6.07) is 2.92. The number of alkyl halides is 3. The number of aromatic nitrogens is 3. The smallest absolute Gasteiger partial charge is 0.416 e. The van der Waals surface area contributed by atoms with Crippen LogP contribution in [0.1, 0.15) is 5.56 Å². The Morgan fingerprint density at radius 3 is 2.52 bits per heavy atom. The van der Waals surface area contributed by atoms with Crippen molar-refractivity contribution in [3.63, 3.8) is 0 Å². The summed E-state index contributed by atoms with van der Waals surface area (Å²) in [6.07, 6.45) is -4.52. The maximum Gasteiger partial charge on any atom is 0.416 e. The van der Waals surface area contributed by atoms with Gasteiger partial charge in [-0.2, -0.15) is 28.1 Å². The van der Waals surface area contributed by atoms with E-state index in [1.807, 2.05) is 0 Å². The van der Waals surface area contributed by atoms with Gasteiger partial charge in [-0.1, -0.05) is 11.6 Å². The summed E-state index contributed by atoms with van der Waals surface area (Å²) in [5.41, 5.74) is 4.59. The molecular weight excluding hydrogens is 311 g/mol. The van der Waals surface area contributed by atoms with Crippen molar-refractivity contribution in [3.8, 4) is 6.01 Å². The zero-order valence-corrected chi connectivity index (χ0v) is 11.3. The highest BCUT2D eigenvalue weighted by molar-refractivity contribution is 6.31. The second-order valence-corrected chi connectivity index (χ2v) is 4.29. The summed E-state index contributed by atoms with van der Waals surface area (Å²) in [4.78, 5) is 11.2. The minimum Gasteiger partial charge on any atom is -0.467 e. The molecule has 1 aromatic heterocycles. The van der Waals surface area contributed by atoms with Gasteiger partial charge in [0.25, 0.3) is 0 Å². The number of nitrogen functional groups attached to an aromatic ring is 1. The van der Waals surface area contributed by atoms with Gasteiger partial charge < -0.3 is 15.8 Å². The van der Waals surface area contributed by atoms with Crippen LogP contribution in [0.2, 0.25) is 5.02 Å². The van der Waals surface area contributed by atoms with Crippen molar-refractivity contribution < 1.29 is 17.9 Å². The topological polar surface area (TPSA) is 86.0 Å². The molecule has 1 aromatic carbocycles. The van der Waals surface area contributed by atoms with Crippen LogP contribution in [-0.2, 0) is 6.18 Å². The van der Waals surface area contributed by atoms with Crippen molar-refractivity contribution in [2.75, 3.05) is 18.2 Å². The molecule has 0 atom stereocenters. The van der Waals surface area contributed by atoms with E-state index in [-0.39, 0.29) is 28.6 Å². The highest BCUT2D eigenvalue weighted by Gasteiger charge is 2.31. The van der Waals surface area contributed by atoms with E-state index < -0.39 is 11.7 Å². The number of nitrogens with zero attached hydrogens (tertiary/aromatic N) is 3. The summed E-state index contributed by atoms with van der Waals surface area (Å²) < 4.78 is 42.9. The molecule has 1 heterocycles. The van der Waals surface area contributed by atoms with Crippen LogP contribution in [0.25, 0.3) is 0 Å². The summed E-state index contributed by atoms with van der Waals surface area (Å²) in [7, 11) is 1.32. The maximum atomic E-state index is 12.7. The molecule has 10 heteroatoms. The minimum atomic E-state index is -4.52. The molecule has 2 aromatic rings. The Bertz CT molecular complexity index is 665. The van der Waals surface area contributed by atoms with Gasteiger partial charge in [0.05, 0.1) is 12.7 Å². The number of hydrogen-bond acceptors (Lipinski definition) is 6. The molecule has 0 radical (unpaired) electrons. The van der Waals surface area contributed by atoms with Crippen molar-refractivity contribution in [1.29, 1.82) is 0 Å². The van der Waals surface area contributed by atoms with Gasteiger partial charge in [0.2, 0.25) is 11.9 Å². The van der Waals surface area contributed by atoms with Crippen LogP contribution in [0, 0.1) is 0 Å². The molecule has 0 saturated heterocycles. The zero-order chi connectivity index (χ0) is 15.6. The minimum absolute atomic E-state index is 0.0579. The number of halogens is 4. The van der Waals surface area contributed by atoms with E-state index in [0.29, 0.717) is 0 Å². The van der Waals surface area contributed by atoms with E-state index >= 15 is 0 Å². The first-order chi connectivity index (χ1) is 9.77. The first-order valence-electron chi connectivity index (χ1n) is 5.48. The van der Waals surface area contributed by atoms with E-state index in [9.17, 15) is 13.2 Å². The van der Waals surface area contributed by atoms with E-state index in [2.05, 4.69) is 20.3 Å². The molecule has 6 nitrogen and oxygen atoms in total. The summed E-state index contributed by atoms with van der Waals surface area (Å²) in [6.45, 7) is 0. The van der Waals surface area contributed by atoms with Crippen LogP contribution < -0.4 is 15.8 Å². The molecule has 0 amide bonds. The first-order valence-corrected chi connectivity index (χ1v) is 5.86. The number of anilines is 3. The normalized spacial score (nSPS) is 11.3. The number of hydrogen-bond donors (Lipinski definition) is 2. The highest BCUT2D eigenvalue weighted by atomic mass is 35.5. The molecular formula is C11H9ClF3N5O. The molecule has 2 rings (SSSR count). The van der Waals surface area contributed by atoms with Gasteiger partial charge in [0.1, 0.15) is 0 Å². The third-order valence-corrected chi connectivity index (χ3v) is 2.51. The van der Waals surface area contributed by atoms with Crippen LogP contribution >= 0.6 is 11.6 Å². The standard InChI is InChI=1S/C11H9ClF3N5O/c1-21-10-19-8(16)18-9(20-10)17-7-3-5(11(13,14)15)2-6(12)4-7/h2-4H,1H3,(H3,16,17,18,19,20).